The molecule has 0 unspecified atom stereocenters. The number of aryl methyl sites for hydroxylation is 1. The maximum absolute atomic E-state index is 5.47. The van der Waals surface area contributed by atoms with E-state index in [2.05, 4.69) is 31.2 Å². The van der Waals surface area contributed by atoms with Crippen molar-refractivity contribution in [1.82, 2.24) is 29.7 Å². The number of rotatable bonds is 6. The van der Waals surface area contributed by atoms with Gasteiger partial charge in [-0.15, -0.1) is 5.10 Å². The average Bonchev–Trinajstić information content (AvgIpc) is 3.11. The molecule has 2 aliphatic rings. The maximum Gasteiger partial charge on any atom is 0.100 e. The molecule has 4 rings (SSSR count). The minimum Gasteiger partial charge on any atom is -0.384 e. The van der Waals surface area contributed by atoms with E-state index >= 15 is 0 Å². The summed E-state index contributed by atoms with van der Waals surface area (Å²) in [5, 5.41) is 13.1. The summed E-state index contributed by atoms with van der Waals surface area (Å²) in [5.74, 6) is 1.14. The van der Waals surface area contributed by atoms with E-state index < -0.39 is 0 Å². The first-order valence-electron chi connectivity index (χ1n) is 8.34. The number of hydrogen-bond donors (Lipinski definition) is 0. The highest BCUT2D eigenvalue weighted by atomic mass is 16.5. The van der Waals surface area contributed by atoms with Crippen molar-refractivity contribution in [3.63, 3.8) is 0 Å². The van der Waals surface area contributed by atoms with Crippen LogP contribution in [-0.4, -0.2) is 49.9 Å². The molecule has 0 spiro atoms. The zero-order chi connectivity index (χ0) is 15.8. The molecule has 7 nitrogen and oxygen atoms in total. The van der Waals surface area contributed by atoms with Gasteiger partial charge < -0.3 is 4.74 Å². The van der Waals surface area contributed by atoms with Gasteiger partial charge in [0.05, 0.1) is 18.5 Å². The van der Waals surface area contributed by atoms with Crippen molar-refractivity contribution in [3.8, 4) is 0 Å². The van der Waals surface area contributed by atoms with Crippen molar-refractivity contribution in [2.45, 2.75) is 38.4 Å². The summed E-state index contributed by atoms with van der Waals surface area (Å²) in [5.41, 5.74) is 3.64. The van der Waals surface area contributed by atoms with Crippen molar-refractivity contribution in [2.75, 3.05) is 20.3 Å². The van der Waals surface area contributed by atoms with Gasteiger partial charge in [-0.1, -0.05) is 5.21 Å². The SMILES string of the molecule is COC[C@@H]1CN(Cc2cnn(C)c2)Cc2nnn(CC3CC3)c21. The van der Waals surface area contributed by atoms with E-state index in [9.17, 15) is 0 Å². The molecule has 23 heavy (non-hydrogen) atoms. The number of fused-ring (bicyclic) bond motifs is 1. The monoisotopic (exact) mass is 316 g/mol. The van der Waals surface area contributed by atoms with Crippen LogP contribution >= 0.6 is 0 Å². The Morgan fingerprint density at radius 2 is 2.22 bits per heavy atom. The van der Waals surface area contributed by atoms with Crippen molar-refractivity contribution in [3.05, 3.63) is 29.3 Å². The van der Waals surface area contributed by atoms with Gasteiger partial charge in [-0.3, -0.25) is 9.58 Å². The molecule has 2 aromatic rings. The first-order valence-corrected chi connectivity index (χ1v) is 8.34. The molecular weight excluding hydrogens is 292 g/mol. The van der Waals surface area contributed by atoms with E-state index in [1.54, 1.807) is 7.11 Å². The van der Waals surface area contributed by atoms with Gasteiger partial charge in [0.25, 0.3) is 0 Å². The second-order valence-corrected chi connectivity index (χ2v) is 6.89. The first-order chi connectivity index (χ1) is 11.2. The van der Waals surface area contributed by atoms with Crippen molar-refractivity contribution in [2.24, 2.45) is 13.0 Å². The van der Waals surface area contributed by atoms with Gasteiger partial charge in [0.15, 0.2) is 0 Å². The van der Waals surface area contributed by atoms with Crippen molar-refractivity contribution in [1.29, 1.82) is 0 Å². The van der Waals surface area contributed by atoms with Crippen LogP contribution in [0.3, 0.4) is 0 Å². The third-order valence-corrected chi connectivity index (χ3v) is 4.75. The second kappa shape index (κ2) is 6.05. The topological polar surface area (TPSA) is 61.0 Å². The Labute approximate surface area is 136 Å². The fourth-order valence-electron chi connectivity index (χ4n) is 3.53. The van der Waals surface area contributed by atoms with Crippen LogP contribution in [0.1, 0.15) is 35.7 Å². The van der Waals surface area contributed by atoms with Crippen LogP contribution in [0.15, 0.2) is 12.4 Å². The van der Waals surface area contributed by atoms with Crippen molar-refractivity contribution < 1.29 is 4.74 Å². The van der Waals surface area contributed by atoms with Gasteiger partial charge in [0.2, 0.25) is 0 Å². The lowest BCUT2D eigenvalue weighted by molar-refractivity contribution is 0.131. The summed E-state index contributed by atoms with van der Waals surface area (Å²) in [4.78, 5) is 2.42. The van der Waals surface area contributed by atoms with Crippen LogP contribution in [0, 0.1) is 5.92 Å². The average molecular weight is 316 g/mol. The number of ether oxygens (including phenoxy) is 1. The Morgan fingerprint density at radius 3 is 2.91 bits per heavy atom. The Kier molecular flexibility index (Phi) is 3.90. The minimum atomic E-state index is 0.342. The van der Waals surface area contributed by atoms with Crippen LogP contribution in [0.25, 0.3) is 0 Å². The predicted octanol–water partition coefficient (Wildman–Crippen LogP) is 1.17. The molecule has 1 saturated carbocycles. The van der Waals surface area contributed by atoms with E-state index in [0.717, 1.165) is 37.8 Å². The number of nitrogens with zero attached hydrogens (tertiary/aromatic N) is 6. The molecule has 0 radical (unpaired) electrons. The van der Waals surface area contributed by atoms with Crippen LogP contribution in [0.5, 0.6) is 0 Å². The van der Waals surface area contributed by atoms with Crippen LogP contribution in [-0.2, 0) is 31.4 Å². The molecule has 2 aromatic heterocycles. The summed E-state index contributed by atoms with van der Waals surface area (Å²) in [6, 6.07) is 0. The fraction of sp³-hybridized carbons (Fsp3) is 0.688. The molecular formula is C16H24N6O. The minimum absolute atomic E-state index is 0.342. The van der Waals surface area contributed by atoms with Gasteiger partial charge in [-0.05, 0) is 18.8 Å². The van der Waals surface area contributed by atoms with Crippen LogP contribution < -0.4 is 0 Å². The largest absolute Gasteiger partial charge is 0.384 e. The molecule has 3 heterocycles. The van der Waals surface area contributed by atoms with Crippen molar-refractivity contribution >= 4 is 0 Å². The molecule has 124 valence electrons. The van der Waals surface area contributed by atoms with Gasteiger partial charge in [-0.2, -0.15) is 5.10 Å². The molecule has 0 saturated heterocycles. The van der Waals surface area contributed by atoms with E-state index in [-0.39, 0.29) is 0 Å². The van der Waals surface area contributed by atoms with Crippen LogP contribution in [0.4, 0.5) is 0 Å². The Balaban J connectivity index is 1.54. The van der Waals surface area contributed by atoms with Gasteiger partial charge in [-0.25, -0.2) is 4.68 Å². The Morgan fingerprint density at radius 1 is 1.35 bits per heavy atom. The normalized spacial score (nSPS) is 21.6. The highest BCUT2D eigenvalue weighted by Crippen LogP contribution is 2.34. The smallest absolute Gasteiger partial charge is 0.100 e. The van der Waals surface area contributed by atoms with Gasteiger partial charge >= 0.3 is 0 Å². The number of methoxy groups -OCH3 is 1. The standard InChI is InChI=1S/C16H24N6O/c1-20-6-13(5-17-20)7-21-9-14(11-23-2)16-15(10-21)18-19-22(16)8-12-3-4-12/h5-6,12,14H,3-4,7-11H2,1-2H3/t14-/m0/s1. The Bertz CT molecular complexity index is 674. The molecule has 0 aromatic carbocycles. The second-order valence-electron chi connectivity index (χ2n) is 6.89. The van der Waals surface area contributed by atoms with Gasteiger partial charge in [0.1, 0.15) is 5.69 Å². The zero-order valence-corrected chi connectivity index (χ0v) is 13.9. The summed E-state index contributed by atoms with van der Waals surface area (Å²) >= 11 is 0. The van der Waals surface area contributed by atoms with E-state index in [1.807, 2.05) is 17.9 Å². The quantitative estimate of drug-likeness (QED) is 0.800. The molecule has 1 aliphatic carbocycles. The fourth-order valence-corrected chi connectivity index (χ4v) is 3.53. The maximum atomic E-state index is 5.47. The molecule has 7 heteroatoms. The summed E-state index contributed by atoms with van der Waals surface area (Å²) in [6.45, 7) is 4.46. The zero-order valence-electron chi connectivity index (χ0n) is 13.9. The molecule has 0 bridgehead atoms. The molecule has 1 atom stereocenters. The van der Waals surface area contributed by atoms with Crippen LogP contribution in [0.2, 0.25) is 0 Å². The lowest BCUT2D eigenvalue weighted by atomic mass is 9.98. The summed E-state index contributed by atoms with van der Waals surface area (Å²) in [6.07, 6.45) is 6.67. The third-order valence-electron chi connectivity index (χ3n) is 4.75. The summed E-state index contributed by atoms with van der Waals surface area (Å²) in [7, 11) is 3.73. The third kappa shape index (κ3) is 3.16. The lowest BCUT2D eigenvalue weighted by Gasteiger charge is -2.31. The molecule has 1 fully saturated rings. The Hall–Kier alpha value is -1.73. The van der Waals surface area contributed by atoms with E-state index in [4.69, 9.17) is 4.74 Å². The number of hydrogen-bond acceptors (Lipinski definition) is 5. The lowest BCUT2D eigenvalue weighted by Crippen LogP contribution is -2.36. The molecule has 0 N–H and O–H groups in total. The van der Waals surface area contributed by atoms with Gasteiger partial charge in [0, 0.05) is 58.0 Å². The molecule has 1 aliphatic heterocycles. The predicted molar refractivity (Wildman–Crippen MR) is 84.7 cm³/mol. The number of aromatic nitrogens is 5. The summed E-state index contributed by atoms with van der Waals surface area (Å²) < 4.78 is 9.46. The van der Waals surface area contributed by atoms with E-state index in [1.165, 1.54) is 24.1 Å². The first kappa shape index (κ1) is 14.8. The van der Waals surface area contributed by atoms with E-state index in [0.29, 0.717) is 12.5 Å². The molecule has 0 amide bonds. The highest BCUT2D eigenvalue weighted by Gasteiger charge is 2.33. The highest BCUT2D eigenvalue weighted by molar-refractivity contribution is 5.21.